The molecule has 0 spiro atoms. The zero-order chi connectivity index (χ0) is 19.2. The summed E-state index contributed by atoms with van der Waals surface area (Å²) in [7, 11) is 0. The molecule has 3 rings (SSSR count). The molecule has 0 aliphatic carbocycles. The number of fused-ring (bicyclic) bond motifs is 1. The van der Waals surface area contributed by atoms with Gasteiger partial charge < -0.3 is 5.73 Å². The van der Waals surface area contributed by atoms with E-state index in [1.807, 2.05) is 0 Å². The molecule has 2 aromatic carbocycles. The largest absolute Gasteiger partial charge is 0.416 e. The van der Waals surface area contributed by atoms with E-state index in [1.165, 1.54) is 19.1 Å². The predicted octanol–water partition coefficient (Wildman–Crippen LogP) is 5.48. The SMILES string of the molecule is Cc1c(-c2nc3ccc(Br)cc3c(N)c2[N+](=O)[O-])cccc1C(F)(F)F. The van der Waals surface area contributed by atoms with Gasteiger partial charge in [0, 0.05) is 15.4 Å². The van der Waals surface area contributed by atoms with Gasteiger partial charge in [0.25, 0.3) is 0 Å². The van der Waals surface area contributed by atoms with Crippen molar-refractivity contribution in [2.24, 2.45) is 0 Å². The topological polar surface area (TPSA) is 82.0 Å². The molecule has 0 saturated heterocycles. The van der Waals surface area contributed by atoms with Gasteiger partial charge in [-0.3, -0.25) is 10.1 Å². The highest BCUT2D eigenvalue weighted by molar-refractivity contribution is 9.10. The second kappa shape index (κ2) is 6.24. The van der Waals surface area contributed by atoms with E-state index in [-0.39, 0.29) is 22.5 Å². The number of hydrogen-bond acceptors (Lipinski definition) is 4. The third-order valence-electron chi connectivity index (χ3n) is 4.04. The summed E-state index contributed by atoms with van der Waals surface area (Å²) in [5.74, 6) is 0. The minimum Gasteiger partial charge on any atom is -0.393 e. The maximum Gasteiger partial charge on any atom is 0.416 e. The highest BCUT2D eigenvalue weighted by Gasteiger charge is 2.34. The highest BCUT2D eigenvalue weighted by atomic mass is 79.9. The summed E-state index contributed by atoms with van der Waals surface area (Å²) < 4.78 is 40.2. The molecular formula is C17H11BrF3N3O2. The zero-order valence-electron chi connectivity index (χ0n) is 13.3. The Bertz CT molecular complexity index is 1050. The first-order valence-corrected chi connectivity index (χ1v) is 8.11. The van der Waals surface area contributed by atoms with Gasteiger partial charge in [-0.1, -0.05) is 28.1 Å². The van der Waals surface area contributed by atoms with Crippen LogP contribution in [0.2, 0.25) is 0 Å². The lowest BCUT2D eigenvalue weighted by molar-refractivity contribution is -0.383. The Morgan fingerprint density at radius 1 is 1.23 bits per heavy atom. The Hall–Kier alpha value is -2.68. The second-order valence-electron chi connectivity index (χ2n) is 5.62. The van der Waals surface area contributed by atoms with E-state index in [4.69, 9.17) is 5.73 Å². The van der Waals surface area contributed by atoms with Gasteiger partial charge in [0.1, 0.15) is 5.69 Å². The van der Waals surface area contributed by atoms with Gasteiger partial charge in [0.2, 0.25) is 0 Å². The number of nitrogens with two attached hydrogens (primary N) is 1. The first-order valence-electron chi connectivity index (χ1n) is 7.31. The van der Waals surface area contributed by atoms with Crippen LogP contribution in [0.3, 0.4) is 0 Å². The number of rotatable bonds is 2. The summed E-state index contributed by atoms with van der Waals surface area (Å²) in [6, 6.07) is 8.32. The average molecular weight is 426 g/mol. The van der Waals surface area contributed by atoms with Crippen LogP contribution >= 0.6 is 15.9 Å². The van der Waals surface area contributed by atoms with Crippen LogP contribution in [-0.2, 0) is 6.18 Å². The summed E-state index contributed by atoms with van der Waals surface area (Å²) in [5.41, 5.74) is 4.47. The quantitative estimate of drug-likeness (QED) is 0.435. The summed E-state index contributed by atoms with van der Waals surface area (Å²) in [6.45, 7) is 1.26. The lowest BCUT2D eigenvalue weighted by atomic mass is 9.97. The Kier molecular flexibility index (Phi) is 4.35. The molecule has 9 heteroatoms. The van der Waals surface area contributed by atoms with Crippen molar-refractivity contribution < 1.29 is 18.1 Å². The first-order chi connectivity index (χ1) is 12.1. The molecule has 5 nitrogen and oxygen atoms in total. The smallest absolute Gasteiger partial charge is 0.393 e. The highest BCUT2D eigenvalue weighted by Crippen LogP contribution is 2.42. The number of aromatic nitrogens is 1. The van der Waals surface area contributed by atoms with Crippen LogP contribution in [0.4, 0.5) is 24.5 Å². The summed E-state index contributed by atoms with van der Waals surface area (Å²) in [6.07, 6.45) is -4.58. The molecule has 0 atom stereocenters. The number of anilines is 1. The van der Waals surface area contributed by atoms with Crippen LogP contribution in [0.15, 0.2) is 40.9 Å². The number of nitrogen functional groups attached to an aromatic ring is 1. The van der Waals surface area contributed by atoms with E-state index < -0.39 is 22.4 Å². The minimum atomic E-state index is -4.58. The molecule has 134 valence electrons. The molecule has 0 amide bonds. The van der Waals surface area contributed by atoms with Crippen molar-refractivity contribution in [2.75, 3.05) is 5.73 Å². The number of hydrogen-bond donors (Lipinski definition) is 1. The molecule has 0 fully saturated rings. The van der Waals surface area contributed by atoms with Crippen LogP contribution in [0, 0.1) is 17.0 Å². The number of nitrogens with zero attached hydrogens (tertiary/aromatic N) is 2. The fourth-order valence-corrected chi connectivity index (χ4v) is 3.18. The zero-order valence-corrected chi connectivity index (χ0v) is 14.9. The van der Waals surface area contributed by atoms with Crippen LogP contribution in [0.1, 0.15) is 11.1 Å². The van der Waals surface area contributed by atoms with Crippen molar-refractivity contribution in [3.8, 4) is 11.3 Å². The molecule has 2 N–H and O–H groups in total. The number of nitro groups is 1. The van der Waals surface area contributed by atoms with Crippen LogP contribution in [0.5, 0.6) is 0 Å². The molecule has 26 heavy (non-hydrogen) atoms. The Balaban J connectivity index is 2.41. The van der Waals surface area contributed by atoms with Gasteiger partial charge >= 0.3 is 11.9 Å². The van der Waals surface area contributed by atoms with Crippen LogP contribution in [0.25, 0.3) is 22.2 Å². The van der Waals surface area contributed by atoms with Gasteiger partial charge in [-0.25, -0.2) is 4.98 Å². The van der Waals surface area contributed by atoms with Gasteiger partial charge in [0.15, 0.2) is 5.69 Å². The van der Waals surface area contributed by atoms with Crippen molar-refractivity contribution in [1.82, 2.24) is 4.98 Å². The van der Waals surface area contributed by atoms with Crippen LogP contribution in [-0.4, -0.2) is 9.91 Å². The average Bonchev–Trinajstić information content (AvgIpc) is 2.54. The van der Waals surface area contributed by atoms with E-state index in [9.17, 15) is 23.3 Å². The molecule has 0 aliphatic rings. The van der Waals surface area contributed by atoms with Crippen molar-refractivity contribution in [1.29, 1.82) is 0 Å². The third kappa shape index (κ3) is 2.98. The van der Waals surface area contributed by atoms with Gasteiger partial charge in [-0.05, 0) is 36.8 Å². The van der Waals surface area contributed by atoms with E-state index in [0.717, 1.165) is 6.07 Å². The van der Waals surface area contributed by atoms with Gasteiger partial charge in [0.05, 0.1) is 16.0 Å². The lowest BCUT2D eigenvalue weighted by Crippen LogP contribution is -2.09. The Morgan fingerprint density at radius 3 is 2.54 bits per heavy atom. The van der Waals surface area contributed by atoms with E-state index in [1.54, 1.807) is 18.2 Å². The number of pyridine rings is 1. The maximum atomic E-state index is 13.2. The van der Waals surface area contributed by atoms with Crippen molar-refractivity contribution >= 4 is 38.2 Å². The number of benzene rings is 2. The lowest BCUT2D eigenvalue weighted by Gasteiger charge is -2.15. The number of halogens is 4. The first kappa shape index (κ1) is 18.1. The van der Waals surface area contributed by atoms with Crippen molar-refractivity contribution in [2.45, 2.75) is 13.1 Å². The minimum absolute atomic E-state index is 0.0167. The molecule has 0 bridgehead atoms. The standard InChI is InChI=1S/C17H11BrF3N3O2/c1-8-10(3-2-4-12(8)17(19,20)21)15-16(24(25)26)14(22)11-7-9(18)5-6-13(11)23-15/h2-7H,1H3,(H2,22,23). The van der Waals surface area contributed by atoms with E-state index in [2.05, 4.69) is 20.9 Å². The molecule has 1 aromatic heterocycles. The molecular weight excluding hydrogens is 415 g/mol. The monoisotopic (exact) mass is 425 g/mol. The van der Waals surface area contributed by atoms with Gasteiger partial charge in [-0.2, -0.15) is 13.2 Å². The van der Waals surface area contributed by atoms with E-state index >= 15 is 0 Å². The Labute approximate surface area is 153 Å². The molecule has 1 heterocycles. The number of alkyl halides is 3. The fraction of sp³-hybridized carbons (Fsp3) is 0.118. The third-order valence-corrected chi connectivity index (χ3v) is 4.53. The molecule has 0 radical (unpaired) electrons. The molecule has 0 aliphatic heterocycles. The summed E-state index contributed by atoms with van der Waals surface area (Å²) in [4.78, 5) is 15.1. The van der Waals surface area contributed by atoms with Crippen LogP contribution < -0.4 is 5.73 Å². The molecule has 0 saturated carbocycles. The maximum absolute atomic E-state index is 13.2. The van der Waals surface area contributed by atoms with Crippen molar-refractivity contribution in [3.63, 3.8) is 0 Å². The molecule has 0 unspecified atom stereocenters. The van der Waals surface area contributed by atoms with E-state index in [0.29, 0.717) is 15.4 Å². The predicted molar refractivity (Wildman–Crippen MR) is 95.7 cm³/mol. The Morgan fingerprint density at radius 2 is 1.92 bits per heavy atom. The second-order valence-corrected chi connectivity index (χ2v) is 6.53. The molecule has 3 aromatic rings. The van der Waals surface area contributed by atoms with Crippen molar-refractivity contribution in [3.05, 3.63) is 62.1 Å². The summed E-state index contributed by atoms with van der Waals surface area (Å²) >= 11 is 3.26. The van der Waals surface area contributed by atoms with Gasteiger partial charge in [-0.15, -0.1) is 0 Å². The fourth-order valence-electron chi connectivity index (χ4n) is 2.82. The summed E-state index contributed by atoms with van der Waals surface area (Å²) in [5, 5.41) is 11.9. The normalized spacial score (nSPS) is 11.7.